The van der Waals surface area contributed by atoms with Crippen LogP contribution in [-0.4, -0.2) is 10.0 Å². The lowest BCUT2D eigenvalue weighted by molar-refractivity contribution is -0.385. The van der Waals surface area contributed by atoms with Crippen molar-refractivity contribution >= 4 is 37.5 Å². The molecule has 0 aliphatic carbocycles. The Balaban J connectivity index is 3.36. The van der Waals surface area contributed by atoms with Crippen LogP contribution in [0.5, 0.6) is 5.75 Å². The number of rotatable bonds is 1. The first-order valence-corrected chi connectivity index (χ1v) is 4.44. The molecule has 0 atom stereocenters. The van der Waals surface area contributed by atoms with Crippen LogP contribution in [-0.2, 0) is 0 Å². The number of hydrogen-bond donors (Lipinski definition) is 1. The Bertz CT molecular complexity index is 340. The molecule has 1 rings (SSSR count). The van der Waals surface area contributed by atoms with Crippen molar-refractivity contribution in [2.45, 2.75) is 0 Å². The number of aromatic hydroxyl groups is 1. The van der Waals surface area contributed by atoms with E-state index in [0.717, 1.165) is 0 Å². The lowest BCUT2D eigenvalue weighted by Gasteiger charge is -1.99. The molecule has 1 aromatic carbocycles. The van der Waals surface area contributed by atoms with E-state index in [4.69, 9.17) is 5.11 Å². The topological polar surface area (TPSA) is 63.4 Å². The fourth-order valence-corrected chi connectivity index (χ4v) is 1.49. The van der Waals surface area contributed by atoms with Crippen molar-refractivity contribution in [3.05, 3.63) is 31.2 Å². The average molecular weight is 297 g/mol. The summed E-state index contributed by atoms with van der Waals surface area (Å²) in [7, 11) is 0. The summed E-state index contributed by atoms with van der Waals surface area (Å²) >= 11 is 5.98. The molecule has 0 radical (unpaired) electrons. The first-order valence-electron chi connectivity index (χ1n) is 2.85. The number of benzene rings is 1. The Kier molecular flexibility index (Phi) is 2.69. The summed E-state index contributed by atoms with van der Waals surface area (Å²) in [5.74, 6) is -0.0347. The van der Waals surface area contributed by atoms with Crippen LogP contribution in [0.25, 0.3) is 0 Å². The number of phenolic OH excluding ortho intramolecular Hbond substituents is 1. The Labute approximate surface area is 84.6 Å². The molecule has 0 aliphatic heterocycles. The van der Waals surface area contributed by atoms with Crippen molar-refractivity contribution in [3.8, 4) is 5.75 Å². The highest BCUT2D eigenvalue weighted by Gasteiger charge is 2.16. The van der Waals surface area contributed by atoms with Gasteiger partial charge in [-0.3, -0.25) is 10.1 Å². The highest BCUT2D eigenvalue weighted by atomic mass is 79.9. The minimum atomic E-state index is -0.533. The third-order valence-corrected chi connectivity index (χ3v) is 3.38. The van der Waals surface area contributed by atoms with Crippen LogP contribution in [0, 0.1) is 10.1 Å². The Morgan fingerprint density at radius 3 is 2.42 bits per heavy atom. The molecule has 0 bridgehead atoms. The van der Waals surface area contributed by atoms with Gasteiger partial charge < -0.3 is 5.11 Å². The van der Waals surface area contributed by atoms with E-state index in [0.29, 0.717) is 0 Å². The van der Waals surface area contributed by atoms with E-state index in [-0.39, 0.29) is 20.4 Å². The fourth-order valence-electron chi connectivity index (χ4n) is 0.670. The van der Waals surface area contributed by atoms with Gasteiger partial charge in [-0.15, -0.1) is 0 Å². The van der Waals surface area contributed by atoms with Crippen molar-refractivity contribution < 1.29 is 10.0 Å². The largest absolute Gasteiger partial charge is 0.507 e. The van der Waals surface area contributed by atoms with Gasteiger partial charge in [0.1, 0.15) is 10.2 Å². The van der Waals surface area contributed by atoms with E-state index < -0.39 is 4.92 Å². The Hall–Kier alpha value is -0.620. The fraction of sp³-hybridized carbons (Fsp3) is 0. The van der Waals surface area contributed by atoms with Gasteiger partial charge in [-0.05, 0) is 37.9 Å². The van der Waals surface area contributed by atoms with E-state index in [1.54, 1.807) is 0 Å². The van der Waals surface area contributed by atoms with Crippen LogP contribution in [0.4, 0.5) is 5.69 Å². The molecule has 0 unspecified atom stereocenters. The second kappa shape index (κ2) is 3.40. The third kappa shape index (κ3) is 1.59. The van der Waals surface area contributed by atoms with E-state index in [1.165, 1.54) is 12.1 Å². The van der Waals surface area contributed by atoms with Gasteiger partial charge in [0.2, 0.25) is 0 Å². The molecule has 0 aromatic heterocycles. The standard InChI is InChI=1S/C6H3Br2NO3/c7-5-3(9(11)12)1-2-4(10)6(5)8/h1-2,10H. The van der Waals surface area contributed by atoms with Gasteiger partial charge in [-0.2, -0.15) is 0 Å². The number of nitro groups is 1. The molecule has 1 aromatic rings. The smallest absolute Gasteiger partial charge is 0.284 e. The lowest BCUT2D eigenvalue weighted by Crippen LogP contribution is -1.89. The van der Waals surface area contributed by atoms with E-state index >= 15 is 0 Å². The highest BCUT2D eigenvalue weighted by Crippen LogP contribution is 2.37. The second-order valence-corrected chi connectivity index (χ2v) is 3.57. The summed E-state index contributed by atoms with van der Waals surface area (Å²) in [5, 5.41) is 19.5. The van der Waals surface area contributed by atoms with E-state index in [9.17, 15) is 10.1 Å². The van der Waals surface area contributed by atoms with Crippen molar-refractivity contribution in [3.63, 3.8) is 0 Å². The van der Waals surface area contributed by atoms with Crippen molar-refractivity contribution in [1.29, 1.82) is 0 Å². The molecule has 0 saturated carbocycles. The first-order chi connectivity index (χ1) is 5.54. The zero-order valence-electron chi connectivity index (χ0n) is 5.62. The number of nitro benzene ring substituents is 1. The van der Waals surface area contributed by atoms with Crippen molar-refractivity contribution in [1.82, 2.24) is 0 Å². The maximum Gasteiger partial charge on any atom is 0.284 e. The molecule has 1 N–H and O–H groups in total. The van der Waals surface area contributed by atoms with E-state index in [1.807, 2.05) is 0 Å². The van der Waals surface area contributed by atoms with Crippen LogP contribution in [0.3, 0.4) is 0 Å². The first kappa shape index (κ1) is 9.47. The number of halogens is 2. The molecule has 0 heterocycles. The van der Waals surface area contributed by atoms with Gasteiger partial charge in [0.15, 0.2) is 0 Å². The molecular formula is C6H3Br2NO3. The summed E-state index contributed by atoms with van der Waals surface area (Å²) in [6.45, 7) is 0. The lowest BCUT2D eigenvalue weighted by atomic mass is 10.3. The SMILES string of the molecule is O=[N+]([O-])c1ccc(O)c(Br)c1Br. The van der Waals surface area contributed by atoms with Crippen LogP contribution in [0.15, 0.2) is 21.1 Å². The van der Waals surface area contributed by atoms with Gasteiger partial charge in [0, 0.05) is 6.07 Å². The minimum absolute atomic E-state index is 0.0347. The monoisotopic (exact) mass is 295 g/mol. The summed E-state index contributed by atoms with van der Waals surface area (Å²) in [5.41, 5.74) is -0.0836. The summed E-state index contributed by atoms with van der Waals surface area (Å²) in [4.78, 5) is 9.82. The predicted molar refractivity (Wildman–Crippen MR) is 50.2 cm³/mol. The average Bonchev–Trinajstić information content (AvgIpc) is 2.00. The number of hydrogen-bond acceptors (Lipinski definition) is 3. The minimum Gasteiger partial charge on any atom is -0.507 e. The molecule has 0 saturated heterocycles. The Morgan fingerprint density at radius 1 is 1.33 bits per heavy atom. The zero-order chi connectivity index (χ0) is 9.30. The Morgan fingerprint density at radius 2 is 1.92 bits per heavy atom. The normalized spacial score (nSPS) is 9.83. The van der Waals surface area contributed by atoms with Gasteiger partial charge in [0.05, 0.1) is 9.40 Å². The summed E-state index contributed by atoms with van der Waals surface area (Å²) < 4.78 is 0.532. The van der Waals surface area contributed by atoms with Crippen LogP contribution in [0.1, 0.15) is 0 Å². The maximum absolute atomic E-state index is 10.4. The van der Waals surface area contributed by atoms with E-state index in [2.05, 4.69) is 31.9 Å². The third-order valence-electron chi connectivity index (χ3n) is 1.24. The zero-order valence-corrected chi connectivity index (χ0v) is 8.79. The van der Waals surface area contributed by atoms with Crippen molar-refractivity contribution in [2.24, 2.45) is 0 Å². The summed E-state index contributed by atoms with van der Waals surface area (Å²) in [6, 6.07) is 2.48. The molecule has 12 heavy (non-hydrogen) atoms. The van der Waals surface area contributed by atoms with Gasteiger partial charge in [-0.1, -0.05) is 0 Å². The van der Waals surface area contributed by atoms with Gasteiger partial charge >= 0.3 is 0 Å². The van der Waals surface area contributed by atoms with Crippen LogP contribution >= 0.6 is 31.9 Å². The molecule has 6 heteroatoms. The molecule has 0 aliphatic rings. The molecule has 0 spiro atoms. The molecule has 0 fully saturated rings. The quantitative estimate of drug-likeness (QED) is 0.640. The van der Waals surface area contributed by atoms with Gasteiger partial charge in [0.25, 0.3) is 5.69 Å². The van der Waals surface area contributed by atoms with Crippen LogP contribution < -0.4 is 0 Å². The maximum atomic E-state index is 10.4. The summed E-state index contributed by atoms with van der Waals surface area (Å²) in [6.07, 6.45) is 0. The number of nitrogens with zero attached hydrogens (tertiary/aromatic N) is 1. The molecule has 4 nitrogen and oxygen atoms in total. The predicted octanol–water partition coefficient (Wildman–Crippen LogP) is 2.83. The molecular weight excluding hydrogens is 294 g/mol. The second-order valence-electron chi connectivity index (χ2n) is 1.99. The van der Waals surface area contributed by atoms with Gasteiger partial charge in [-0.25, -0.2) is 0 Å². The number of phenols is 1. The highest BCUT2D eigenvalue weighted by molar-refractivity contribution is 9.13. The molecule has 0 amide bonds. The van der Waals surface area contributed by atoms with Crippen LogP contribution in [0.2, 0.25) is 0 Å². The van der Waals surface area contributed by atoms with Crippen molar-refractivity contribution in [2.75, 3.05) is 0 Å². The molecule has 64 valence electrons.